The third-order valence-corrected chi connectivity index (χ3v) is 10.6. The number of aryl methyl sites for hydroxylation is 3. The predicted octanol–water partition coefficient (Wildman–Crippen LogP) is 13.4. The van der Waals surface area contributed by atoms with Gasteiger partial charge in [0.25, 0.3) is 0 Å². The van der Waals surface area contributed by atoms with Crippen LogP contribution in [0.1, 0.15) is 140 Å². The lowest BCUT2D eigenvalue weighted by molar-refractivity contribution is 0.00681. The van der Waals surface area contributed by atoms with E-state index >= 15 is 0 Å². The second-order valence-electron chi connectivity index (χ2n) is 13.7. The molecule has 3 aromatic rings. The van der Waals surface area contributed by atoms with Crippen LogP contribution < -0.4 is 13.6 Å². The number of phosphoric acid groups is 2. The highest BCUT2D eigenvalue weighted by Crippen LogP contribution is 2.50. The molecule has 0 bridgehead atoms. The van der Waals surface area contributed by atoms with Crippen LogP contribution in [0.25, 0.3) is 0 Å². The Hall–Kier alpha value is -2.60. The molecule has 2 N–H and O–H groups in total. The van der Waals surface area contributed by atoms with E-state index in [0.717, 1.165) is 68.1 Å². The number of hydrogen-bond donors (Lipinski definition) is 2. The van der Waals surface area contributed by atoms with E-state index in [1.165, 1.54) is 51.4 Å². The molecule has 3 rings (SSSR count). The second kappa shape index (κ2) is 23.9. The summed E-state index contributed by atoms with van der Waals surface area (Å²) in [6, 6.07) is 21.6. The third kappa shape index (κ3) is 19.7. The fourth-order valence-electron chi connectivity index (χ4n) is 5.92. The van der Waals surface area contributed by atoms with Crippen molar-refractivity contribution in [3.05, 3.63) is 89.5 Å². The molecular formula is C41H64O8P2. The van der Waals surface area contributed by atoms with E-state index in [1.807, 2.05) is 57.2 Å². The minimum Gasteiger partial charge on any atom is -0.386 e. The smallest absolute Gasteiger partial charge is 0.386 e. The van der Waals surface area contributed by atoms with Gasteiger partial charge in [-0.1, -0.05) is 157 Å². The van der Waals surface area contributed by atoms with Crippen molar-refractivity contribution < 1.29 is 37.0 Å². The lowest BCUT2D eigenvalue weighted by Gasteiger charge is -2.34. The fraction of sp³-hybridized carbons (Fsp3) is 0.561. The molecule has 0 fully saturated rings. The summed E-state index contributed by atoms with van der Waals surface area (Å²) in [7, 11) is -8.38. The Morgan fingerprint density at radius 3 is 1.08 bits per heavy atom. The van der Waals surface area contributed by atoms with E-state index in [-0.39, 0.29) is 0 Å². The molecule has 0 saturated carbocycles. The molecule has 0 aromatic heterocycles. The molecule has 286 valence electrons. The molecule has 3 aromatic carbocycles. The lowest BCUT2D eigenvalue weighted by Crippen LogP contribution is -2.31. The Bertz CT molecular complexity index is 1300. The number of unbranched alkanes of at least 4 members (excludes halogenated alkanes) is 10. The van der Waals surface area contributed by atoms with Crippen LogP contribution in [0.2, 0.25) is 0 Å². The van der Waals surface area contributed by atoms with Crippen molar-refractivity contribution in [2.24, 2.45) is 0 Å². The number of hydrogen-bond acceptors (Lipinski definition) is 6. The Morgan fingerprint density at radius 1 is 0.471 bits per heavy atom. The molecule has 0 spiro atoms. The van der Waals surface area contributed by atoms with Crippen LogP contribution >= 0.6 is 15.6 Å². The van der Waals surface area contributed by atoms with Crippen molar-refractivity contribution in [3.8, 4) is 17.2 Å². The third-order valence-electron chi connectivity index (χ3n) is 8.70. The predicted molar refractivity (Wildman–Crippen MR) is 210 cm³/mol. The Morgan fingerprint density at radius 2 is 0.784 bits per heavy atom. The summed E-state index contributed by atoms with van der Waals surface area (Å²) < 4.78 is 47.1. The molecule has 0 atom stereocenters. The fourth-order valence-corrected chi connectivity index (χ4v) is 7.95. The SMILES string of the molecule is CCCCCCCCC(CCC)(CCCCCCCC)OP(=O)(O)O.Cc1ccc(OP(=O)(Oc2ccc(C)cc2)Oc2ccc(C)cc2)cc1. The van der Waals surface area contributed by atoms with Gasteiger partial charge in [-0.25, -0.2) is 4.57 Å². The number of rotatable bonds is 24. The van der Waals surface area contributed by atoms with Crippen LogP contribution in [0, 0.1) is 20.8 Å². The van der Waals surface area contributed by atoms with Crippen molar-refractivity contribution in [3.63, 3.8) is 0 Å². The van der Waals surface area contributed by atoms with E-state index < -0.39 is 21.2 Å². The lowest BCUT2D eigenvalue weighted by atomic mass is 9.86. The summed E-state index contributed by atoms with van der Waals surface area (Å²) in [4.78, 5) is 18.8. The molecule has 0 unspecified atom stereocenters. The minimum atomic E-state index is -4.45. The first kappa shape index (κ1) is 44.6. The van der Waals surface area contributed by atoms with Gasteiger partial charge in [0.05, 0.1) is 5.60 Å². The van der Waals surface area contributed by atoms with Crippen LogP contribution in [0.3, 0.4) is 0 Å². The Kier molecular flexibility index (Phi) is 20.8. The highest BCUT2D eigenvalue weighted by molar-refractivity contribution is 7.49. The molecule has 0 aliphatic carbocycles. The molecule has 10 heteroatoms. The summed E-state index contributed by atoms with van der Waals surface area (Å²) in [6.07, 6.45) is 17.4. The first-order valence-electron chi connectivity index (χ1n) is 19.0. The van der Waals surface area contributed by atoms with E-state index in [1.54, 1.807) is 36.4 Å². The highest BCUT2D eigenvalue weighted by Gasteiger charge is 2.36. The van der Waals surface area contributed by atoms with Gasteiger partial charge in [-0.3, -0.25) is 4.52 Å². The molecule has 0 radical (unpaired) electrons. The molecule has 0 saturated heterocycles. The van der Waals surface area contributed by atoms with Crippen LogP contribution in [-0.4, -0.2) is 15.4 Å². The summed E-state index contributed by atoms with van der Waals surface area (Å²) in [5, 5.41) is 0. The van der Waals surface area contributed by atoms with Crippen LogP contribution in [0.4, 0.5) is 0 Å². The van der Waals surface area contributed by atoms with E-state index in [9.17, 15) is 18.9 Å². The van der Waals surface area contributed by atoms with Gasteiger partial charge in [-0.2, -0.15) is 4.57 Å². The summed E-state index contributed by atoms with van der Waals surface area (Å²) in [6.45, 7) is 12.4. The molecule has 0 aliphatic rings. The molecule has 8 nitrogen and oxygen atoms in total. The first-order valence-corrected chi connectivity index (χ1v) is 21.9. The standard InChI is InChI=1S/C21H21O4P.C20H43O4P/c1-16-4-10-19(11-5-16)23-26(22,24-20-12-6-17(2)7-13-20)25-21-14-8-18(3)9-15-21;1-4-7-9-11-13-15-18-20(17-6-3,24-25(21,22)23)19-16-14-12-10-8-5-2/h4-15H,1-3H3;4-19H2,1-3H3,(H2,21,22,23). The Labute approximate surface area is 308 Å². The number of benzene rings is 3. The monoisotopic (exact) mass is 746 g/mol. The zero-order valence-electron chi connectivity index (χ0n) is 32.0. The second-order valence-corrected chi connectivity index (χ2v) is 16.3. The summed E-state index contributed by atoms with van der Waals surface area (Å²) >= 11 is 0. The maximum absolute atomic E-state index is 13.3. The van der Waals surface area contributed by atoms with Gasteiger partial charge < -0.3 is 23.4 Å². The van der Waals surface area contributed by atoms with Crippen molar-refractivity contribution in [2.45, 2.75) is 150 Å². The van der Waals surface area contributed by atoms with Gasteiger partial charge in [0, 0.05) is 0 Å². The maximum atomic E-state index is 13.3. The molecule has 0 aliphatic heterocycles. The Balaban J connectivity index is 0.000000354. The largest absolute Gasteiger partial charge is 0.647 e. The average molecular weight is 747 g/mol. The molecule has 51 heavy (non-hydrogen) atoms. The molecule has 0 heterocycles. The van der Waals surface area contributed by atoms with Crippen LogP contribution in [0.15, 0.2) is 72.8 Å². The van der Waals surface area contributed by atoms with Gasteiger partial charge in [0.2, 0.25) is 0 Å². The molecule has 0 amide bonds. The minimum absolute atomic E-state index is 0.415. The summed E-state index contributed by atoms with van der Waals surface area (Å²) in [5.74, 6) is 1.24. The quantitative estimate of drug-likeness (QED) is 0.0688. The highest BCUT2D eigenvalue weighted by atomic mass is 31.2. The van der Waals surface area contributed by atoms with Gasteiger partial charge in [-0.05, 0) is 76.4 Å². The number of phosphoric ester groups is 2. The zero-order chi connectivity index (χ0) is 37.6. The zero-order valence-corrected chi connectivity index (χ0v) is 33.8. The van der Waals surface area contributed by atoms with E-state index in [2.05, 4.69) is 20.8 Å². The normalized spacial score (nSPS) is 11.8. The van der Waals surface area contributed by atoms with Gasteiger partial charge >= 0.3 is 15.6 Å². The van der Waals surface area contributed by atoms with Crippen molar-refractivity contribution in [1.29, 1.82) is 0 Å². The first-order chi connectivity index (χ1) is 24.3. The topological polar surface area (TPSA) is 112 Å². The van der Waals surface area contributed by atoms with Crippen molar-refractivity contribution >= 4 is 15.6 Å². The summed E-state index contributed by atoms with van der Waals surface area (Å²) in [5.41, 5.74) is 2.59. The average Bonchev–Trinajstić information content (AvgIpc) is 3.07. The van der Waals surface area contributed by atoms with Gasteiger partial charge in [0.15, 0.2) is 0 Å². The van der Waals surface area contributed by atoms with E-state index in [0.29, 0.717) is 17.2 Å². The molecular weight excluding hydrogens is 682 g/mol. The van der Waals surface area contributed by atoms with Crippen molar-refractivity contribution in [1.82, 2.24) is 0 Å². The maximum Gasteiger partial charge on any atom is 0.647 e. The van der Waals surface area contributed by atoms with Crippen molar-refractivity contribution in [2.75, 3.05) is 0 Å². The van der Waals surface area contributed by atoms with Crippen LogP contribution in [-0.2, 0) is 13.7 Å². The van der Waals surface area contributed by atoms with Gasteiger partial charge in [-0.15, -0.1) is 0 Å². The van der Waals surface area contributed by atoms with Gasteiger partial charge in [0.1, 0.15) is 17.2 Å². The van der Waals surface area contributed by atoms with E-state index in [4.69, 9.17) is 18.1 Å². The van der Waals surface area contributed by atoms with Crippen LogP contribution in [0.5, 0.6) is 17.2 Å².